The van der Waals surface area contributed by atoms with Gasteiger partial charge in [-0.15, -0.1) is 0 Å². The molecule has 3 heterocycles. The molecular weight excluding hydrogens is 334 g/mol. The predicted octanol–water partition coefficient (Wildman–Crippen LogP) is 1.13. The van der Waals surface area contributed by atoms with E-state index in [1.54, 1.807) is 30.2 Å². The molecule has 0 saturated heterocycles. The molecule has 1 aliphatic heterocycles. The third-order valence-corrected chi connectivity index (χ3v) is 4.56. The number of nitrogens with zero attached hydrogens (tertiary/aromatic N) is 4. The Labute approximate surface area is 149 Å². The van der Waals surface area contributed by atoms with Crippen LogP contribution in [0.1, 0.15) is 21.7 Å². The summed E-state index contributed by atoms with van der Waals surface area (Å²) in [6.45, 7) is 0.297. The summed E-state index contributed by atoms with van der Waals surface area (Å²) in [6.07, 6.45) is 3.80. The molecule has 8 heteroatoms. The number of amides is 2. The van der Waals surface area contributed by atoms with Gasteiger partial charge in [0.1, 0.15) is 11.7 Å². The van der Waals surface area contributed by atoms with Crippen LogP contribution in [0.15, 0.2) is 47.2 Å². The number of hydrogen-bond donors (Lipinski definition) is 1. The molecule has 26 heavy (non-hydrogen) atoms. The minimum Gasteiger partial charge on any atom is -0.368 e. The van der Waals surface area contributed by atoms with Crippen LogP contribution in [0, 0.1) is 0 Å². The van der Waals surface area contributed by atoms with Crippen LogP contribution in [0.25, 0.3) is 11.3 Å². The third-order valence-electron chi connectivity index (χ3n) is 4.56. The van der Waals surface area contributed by atoms with E-state index in [1.165, 1.54) is 4.90 Å². The van der Waals surface area contributed by atoms with Crippen LogP contribution >= 0.6 is 0 Å². The number of aryl methyl sites for hydroxylation is 1. The van der Waals surface area contributed by atoms with E-state index in [2.05, 4.69) is 10.3 Å². The predicted molar refractivity (Wildman–Crippen MR) is 91.7 cm³/mol. The molecule has 0 bridgehead atoms. The highest BCUT2D eigenvalue weighted by atomic mass is 16.5. The maximum absolute atomic E-state index is 12.9. The molecule has 0 aliphatic carbocycles. The highest BCUT2D eigenvalue weighted by molar-refractivity contribution is 5.96. The van der Waals surface area contributed by atoms with Crippen molar-refractivity contribution in [3.63, 3.8) is 0 Å². The minimum absolute atomic E-state index is 0.0643. The Morgan fingerprint density at radius 3 is 2.73 bits per heavy atom. The molecular formula is C18H17N5O3. The molecule has 8 nitrogen and oxygen atoms in total. The quantitative estimate of drug-likeness (QED) is 0.761. The molecule has 0 fully saturated rings. The monoisotopic (exact) mass is 351 g/mol. The molecule has 1 aliphatic rings. The highest BCUT2D eigenvalue weighted by Gasteiger charge is 2.35. The van der Waals surface area contributed by atoms with Crippen LogP contribution in [0.3, 0.4) is 0 Å². The summed E-state index contributed by atoms with van der Waals surface area (Å²) in [4.78, 5) is 26.3. The largest absolute Gasteiger partial charge is 0.368 e. The number of fused-ring (bicyclic) bond motifs is 1. The number of primary amides is 1. The second-order valence-electron chi connectivity index (χ2n) is 6.30. The van der Waals surface area contributed by atoms with Crippen LogP contribution in [-0.4, -0.2) is 37.7 Å². The average molecular weight is 351 g/mol. The highest BCUT2D eigenvalue weighted by Crippen LogP contribution is 2.26. The van der Waals surface area contributed by atoms with E-state index < -0.39 is 17.9 Å². The zero-order chi connectivity index (χ0) is 18.3. The van der Waals surface area contributed by atoms with Crippen molar-refractivity contribution in [2.24, 2.45) is 12.8 Å². The fourth-order valence-electron chi connectivity index (χ4n) is 3.20. The van der Waals surface area contributed by atoms with Crippen molar-refractivity contribution >= 4 is 11.8 Å². The van der Waals surface area contributed by atoms with Gasteiger partial charge in [0.2, 0.25) is 11.7 Å². The van der Waals surface area contributed by atoms with Crippen LogP contribution in [0.2, 0.25) is 0 Å². The molecule has 2 amide bonds. The Hall–Kier alpha value is -3.42. The molecule has 3 aromatic rings. The molecule has 1 atom stereocenters. The van der Waals surface area contributed by atoms with Crippen molar-refractivity contribution in [1.29, 1.82) is 0 Å². The van der Waals surface area contributed by atoms with Crippen LogP contribution in [0.4, 0.5) is 0 Å². The molecule has 0 spiro atoms. The lowest BCUT2D eigenvalue weighted by Crippen LogP contribution is -2.51. The zero-order valence-corrected chi connectivity index (χ0v) is 14.1. The number of carbonyl (C=O) groups excluding carboxylic acids is 2. The molecule has 4 rings (SSSR count). The first kappa shape index (κ1) is 16.1. The molecule has 0 unspecified atom stereocenters. The van der Waals surface area contributed by atoms with Gasteiger partial charge in [0, 0.05) is 37.8 Å². The van der Waals surface area contributed by atoms with Gasteiger partial charge >= 0.3 is 0 Å². The maximum Gasteiger partial charge on any atom is 0.293 e. The lowest BCUT2D eigenvalue weighted by Gasteiger charge is -2.34. The second-order valence-corrected chi connectivity index (χ2v) is 6.30. The van der Waals surface area contributed by atoms with E-state index in [4.69, 9.17) is 10.3 Å². The summed E-state index contributed by atoms with van der Waals surface area (Å²) in [7, 11) is 1.79. The molecule has 0 radical (unpaired) electrons. The van der Waals surface area contributed by atoms with E-state index in [-0.39, 0.29) is 5.76 Å². The van der Waals surface area contributed by atoms with E-state index in [1.807, 2.05) is 24.3 Å². The van der Waals surface area contributed by atoms with E-state index in [0.29, 0.717) is 18.7 Å². The fraction of sp³-hybridized carbons (Fsp3) is 0.222. The van der Waals surface area contributed by atoms with E-state index in [9.17, 15) is 9.59 Å². The van der Waals surface area contributed by atoms with Crippen molar-refractivity contribution in [3.05, 3.63) is 59.6 Å². The van der Waals surface area contributed by atoms with Crippen LogP contribution < -0.4 is 5.73 Å². The van der Waals surface area contributed by atoms with Crippen molar-refractivity contribution < 1.29 is 14.1 Å². The zero-order valence-electron chi connectivity index (χ0n) is 14.1. The number of aromatic nitrogens is 3. The Bertz CT molecular complexity index is 990. The molecule has 1 aromatic carbocycles. The van der Waals surface area contributed by atoms with E-state index in [0.717, 1.165) is 16.7 Å². The van der Waals surface area contributed by atoms with Gasteiger partial charge in [-0.3, -0.25) is 14.3 Å². The summed E-state index contributed by atoms with van der Waals surface area (Å²) in [5, 5.41) is 8.01. The first-order valence-corrected chi connectivity index (χ1v) is 8.15. The number of nitrogens with two attached hydrogens (primary N) is 1. The Balaban J connectivity index is 1.64. The van der Waals surface area contributed by atoms with Gasteiger partial charge in [-0.05, 0) is 11.1 Å². The summed E-state index contributed by atoms with van der Waals surface area (Å²) in [5.41, 5.74) is 8.80. The van der Waals surface area contributed by atoms with Gasteiger partial charge in [0.15, 0.2) is 0 Å². The summed E-state index contributed by atoms with van der Waals surface area (Å²) in [6, 6.07) is 8.53. The third kappa shape index (κ3) is 2.75. The number of carbonyl (C=O) groups is 2. The Morgan fingerprint density at radius 1 is 1.27 bits per heavy atom. The lowest BCUT2D eigenvalue weighted by atomic mass is 9.93. The SMILES string of the molecule is Cn1cc(-c2cc(C(=O)N3Cc4ccccc4C[C@@H]3C(N)=O)on2)cn1. The average Bonchev–Trinajstić information content (AvgIpc) is 3.29. The minimum atomic E-state index is -0.718. The molecule has 132 valence electrons. The summed E-state index contributed by atoms with van der Waals surface area (Å²) in [5.74, 6) is -0.889. The second kappa shape index (κ2) is 6.14. The van der Waals surface area contributed by atoms with Crippen LogP contribution in [0.5, 0.6) is 0 Å². The topological polar surface area (TPSA) is 107 Å². The van der Waals surface area contributed by atoms with E-state index >= 15 is 0 Å². The summed E-state index contributed by atoms with van der Waals surface area (Å²) >= 11 is 0. The van der Waals surface area contributed by atoms with Gasteiger partial charge in [-0.2, -0.15) is 5.10 Å². The lowest BCUT2D eigenvalue weighted by molar-refractivity contribution is -0.122. The van der Waals surface area contributed by atoms with Gasteiger partial charge in [-0.1, -0.05) is 29.4 Å². The number of hydrogen-bond acceptors (Lipinski definition) is 5. The van der Waals surface area contributed by atoms with Crippen LogP contribution in [-0.2, 0) is 24.8 Å². The van der Waals surface area contributed by atoms with Crippen molar-refractivity contribution in [3.8, 4) is 11.3 Å². The van der Waals surface area contributed by atoms with Gasteiger partial charge < -0.3 is 15.2 Å². The number of benzene rings is 1. The van der Waals surface area contributed by atoms with Crippen molar-refractivity contribution in [1.82, 2.24) is 19.8 Å². The molecule has 2 aromatic heterocycles. The normalized spacial score (nSPS) is 16.3. The number of rotatable bonds is 3. The van der Waals surface area contributed by atoms with Gasteiger partial charge in [0.05, 0.1) is 6.20 Å². The smallest absolute Gasteiger partial charge is 0.293 e. The standard InChI is InChI=1S/C18H17N5O3/c1-22-9-13(8-20-22)14-7-16(26-21-14)18(25)23-10-12-5-3-2-4-11(12)6-15(23)17(19)24/h2-5,7-9,15H,6,10H2,1H3,(H2,19,24)/t15-/m1/s1. The summed E-state index contributed by atoms with van der Waals surface area (Å²) < 4.78 is 6.86. The first-order valence-electron chi connectivity index (χ1n) is 8.15. The first-order chi connectivity index (χ1) is 12.5. The molecule has 0 saturated carbocycles. The van der Waals surface area contributed by atoms with Gasteiger partial charge in [-0.25, -0.2) is 0 Å². The van der Waals surface area contributed by atoms with Crippen molar-refractivity contribution in [2.45, 2.75) is 19.0 Å². The fourth-order valence-corrected chi connectivity index (χ4v) is 3.20. The Morgan fingerprint density at radius 2 is 2.04 bits per heavy atom. The van der Waals surface area contributed by atoms with Crippen molar-refractivity contribution in [2.75, 3.05) is 0 Å². The Kier molecular flexibility index (Phi) is 3.80. The van der Waals surface area contributed by atoms with Gasteiger partial charge in [0.25, 0.3) is 5.91 Å². The maximum atomic E-state index is 12.9. The molecule has 2 N–H and O–H groups in total.